The highest BCUT2D eigenvalue weighted by molar-refractivity contribution is 7.52. The van der Waals surface area contributed by atoms with Crippen LogP contribution in [0.5, 0.6) is 5.75 Å². The molecule has 1 aliphatic carbocycles. The second kappa shape index (κ2) is 12.7. The Morgan fingerprint density at radius 2 is 2.02 bits per heavy atom. The van der Waals surface area contributed by atoms with Gasteiger partial charge in [-0.25, -0.2) is 13.9 Å². The molecule has 14 nitrogen and oxygen atoms in total. The van der Waals surface area contributed by atoms with Gasteiger partial charge in [-0.3, -0.25) is 13.9 Å². The molecule has 240 valence electrons. The molecule has 0 radical (unpaired) electrons. The maximum Gasteiger partial charge on any atom is 0.459 e. The maximum atomic E-state index is 15.9. The SMILES string of the molecule is CC(C)OC(=O)[C@H](C)N[P@](=O)(OC[C@@]1(CCl)O[C@@H](n2cnc3c(N(C)C4CC4)nc(N)nc32)[C@@H](F)[C@@H]1O)Oc1ccccc1. The number of hydrogen-bond acceptors (Lipinski definition) is 12. The number of imidazole rings is 1. The van der Waals surface area contributed by atoms with E-state index in [1.807, 2.05) is 11.9 Å². The molecule has 3 heterocycles. The summed E-state index contributed by atoms with van der Waals surface area (Å²) < 4.78 is 53.8. The number of aromatic nitrogens is 4. The van der Waals surface area contributed by atoms with Gasteiger partial charge >= 0.3 is 13.7 Å². The predicted octanol–water partition coefficient (Wildman–Crippen LogP) is 3.35. The van der Waals surface area contributed by atoms with Crippen molar-refractivity contribution in [2.24, 2.45) is 0 Å². The minimum absolute atomic E-state index is 0.0437. The molecule has 1 aliphatic heterocycles. The van der Waals surface area contributed by atoms with E-state index in [1.54, 1.807) is 32.0 Å². The molecule has 4 N–H and O–H groups in total. The zero-order valence-electron chi connectivity index (χ0n) is 24.7. The zero-order chi connectivity index (χ0) is 31.8. The number of ether oxygens (including phenoxy) is 2. The van der Waals surface area contributed by atoms with Gasteiger partial charge in [0.2, 0.25) is 5.95 Å². The van der Waals surface area contributed by atoms with Crippen molar-refractivity contribution in [3.8, 4) is 5.75 Å². The number of esters is 1. The Labute approximate surface area is 258 Å². The van der Waals surface area contributed by atoms with Crippen LogP contribution >= 0.6 is 19.3 Å². The largest absolute Gasteiger partial charge is 0.462 e. The van der Waals surface area contributed by atoms with Crippen molar-refractivity contribution in [1.29, 1.82) is 0 Å². The second-order valence-electron chi connectivity index (χ2n) is 11.2. The van der Waals surface area contributed by atoms with Crippen molar-refractivity contribution >= 4 is 48.2 Å². The van der Waals surface area contributed by atoms with E-state index >= 15 is 4.39 Å². The number of carbonyl (C=O) groups excluding carboxylic acids is 1. The third kappa shape index (κ3) is 6.63. The van der Waals surface area contributed by atoms with Gasteiger partial charge in [0.25, 0.3) is 0 Å². The van der Waals surface area contributed by atoms with Gasteiger partial charge in [-0.15, -0.1) is 11.6 Å². The number of benzene rings is 1. The number of aliphatic hydroxyl groups is 1. The lowest BCUT2D eigenvalue weighted by molar-refractivity contribution is -0.149. The van der Waals surface area contributed by atoms with E-state index in [0.717, 1.165) is 12.8 Å². The quantitative estimate of drug-likeness (QED) is 0.139. The van der Waals surface area contributed by atoms with Crippen LogP contribution < -0.4 is 20.2 Å². The molecular weight excluding hydrogens is 620 g/mol. The van der Waals surface area contributed by atoms with E-state index in [2.05, 4.69) is 20.0 Å². The highest BCUT2D eigenvalue weighted by atomic mass is 35.5. The maximum absolute atomic E-state index is 15.9. The van der Waals surface area contributed by atoms with Crippen LogP contribution in [0.3, 0.4) is 0 Å². The van der Waals surface area contributed by atoms with Crippen molar-refractivity contribution in [2.45, 2.75) is 75.9 Å². The minimum Gasteiger partial charge on any atom is -0.462 e. The molecule has 0 amide bonds. The van der Waals surface area contributed by atoms with Gasteiger partial charge in [0.15, 0.2) is 29.4 Å². The van der Waals surface area contributed by atoms with Gasteiger partial charge in [0.05, 0.1) is 24.9 Å². The van der Waals surface area contributed by atoms with E-state index in [4.69, 9.17) is 35.9 Å². The Balaban J connectivity index is 1.41. The highest BCUT2D eigenvalue weighted by Gasteiger charge is 2.57. The molecule has 0 bridgehead atoms. The molecular formula is C27H36ClFN7O7P. The van der Waals surface area contributed by atoms with E-state index in [9.17, 15) is 14.5 Å². The van der Waals surface area contributed by atoms with Crippen LogP contribution in [0.15, 0.2) is 36.7 Å². The van der Waals surface area contributed by atoms with Gasteiger partial charge in [-0.1, -0.05) is 18.2 Å². The Hall–Kier alpha value is -3.07. The van der Waals surface area contributed by atoms with Crippen LogP contribution in [0.25, 0.3) is 11.2 Å². The summed E-state index contributed by atoms with van der Waals surface area (Å²) in [5.41, 5.74) is 4.68. The van der Waals surface area contributed by atoms with Gasteiger partial charge in [0, 0.05) is 13.1 Å². The van der Waals surface area contributed by atoms with Crippen LogP contribution in [0.2, 0.25) is 0 Å². The number of halogens is 2. The van der Waals surface area contributed by atoms with E-state index in [0.29, 0.717) is 11.3 Å². The fourth-order valence-corrected chi connectivity index (χ4v) is 6.66. The Kier molecular flexibility index (Phi) is 9.36. The van der Waals surface area contributed by atoms with Gasteiger partial charge in [-0.2, -0.15) is 15.1 Å². The Morgan fingerprint density at radius 3 is 2.66 bits per heavy atom. The molecule has 17 heteroatoms. The third-order valence-electron chi connectivity index (χ3n) is 7.32. The first-order chi connectivity index (χ1) is 20.9. The number of nitrogens with zero attached hydrogens (tertiary/aromatic N) is 5. The van der Waals surface area contributed by atoms with Gasteiger partial charge in [-0.05, 0) is 45.7 Å². The number of nitrogens with one attached hydrogen (secondary N) is 1. The predicted molar refractivity (Wildman–Crippen MR) is 160 cm³/mol. The number of carbonyl (C=O) groups is 1. The number of rotatable bonds is 13. The second-order valence-corrected chi connectivity index (χ2v) is 13.1. The first-order valence-electron chi connectivity index (χ1n) is 14.1. The molecule has 0 spiro atoms. The number of nitrogens with two attached hydrogens (primary N) is 1. The number of alkyl halides is 2. The smallest absolute Gasteiger partial charge is 0.459 e. The summed E-state index contributed by atoms with van der Waals surface area (Å²) >= 11 is 6.27. The average molecular weight is 656 g/mol. The lowest BCUT2D eigenvalue weighted by atomic mass is 9.99. The number of fused-ring (bicyclic) bond motifs is 1. The van der Waals surface area contributed by atoms with Crippen LogP contribution in [0.4, 0.5) is 16.2 Å². The number of nitrogen functional groups attached to an aromatic ring is 1. The van der Waals surface area contributed by atoms with E-state index in [-0.39, 0.29) is 23.4 Å². The van der Waals surface area contributed by atoms with Crippen LogP contribution in [0, 0.1) is 0 Å². The number of anilines is 2. The first kappa shape index (κ1) is 32.3. The lowest BCUT2D eigenvalue weighted by Gasteiger charge is -2.31. The third-order valence-corrected chi connectivity index (χ3v) is 9.40. The molecule has 1 saturated carbocycles. The summed E-state index contributed by atoms with van der Waals surface area (Å²) in [6, 6.07) is 7.26. The van der Waals surface area contributed by atoms with Crippen molar-refractivity contribution in [3.05, 3.63) is 36.7 Å². The molecule has 0 unspecified atom stereocenters. The molecule has 2 aromatic heterocycles. The van der Waals surface area contributed by atoms with Crippen molar-refractivity contribution in [3.63, 3.8) is 0 Å². The summed E-state index contributed by atoms with van der Waals surface area (Å²) in [7, 11) is -2.51. The fourth-order valence-electron chi connectivity index (χ4n) is 4.81. The molecule has 2 fully saturated rings. The van der Waals surface area contributed by atoms with Crippen molar-refractivity contribution < 1.29 is 37.4 Å². The fraction of sp³-hybridized carbons (Fsp3) is 0.556. The normalized spacial score (nSPS) is 25.6. The van der Waals surface area contributed by atoms with E-state index in [1.165, 1.54) is 30.0 Å². The van der Waals surface area contributed by atoms with Crippen LogP contribution in [-0.2, 0) is 23.4 Å². The molecule has 1 saturated heterocycles. The number of para-hydroxylation sites is 1. The van der Waals surface area contributed by atoms with Crippen LogP contribution in [0.1, 0.15) is 39.8 Å². The highest BCUT2D eigenvalue weighted by Crippen LogP contribution is 2.49. The number of aliphatic hydroxyl groups excluding tert-OH is 1. The standard InChI is InChI=1S/C27H36ClFN7O7P/c1-15(2)41-25(38)16(3)34-44(39,43-18-8-6-5-7-9-18)40-13-27(12-28)21(37)19(29)24(42-27)36-14-31-20-22(35(4)17-10-11-17)32-26(30)33-23(20)36/h5-9,14-17,19,21,24,37H,10-13H2,1-4H3,(H,34,39)(H2,30,32,33)/t16-,19-,21-,24+,27+,44-/m0/s1. The molecule has 6 atom stereocenters. The molecule has 5 rings (SSSR count). The van der Waals surface area contributed by atoms with Crippen molar-refractivity contribution in [1.82, 2.24) is 24.6 Å². The molecule has 3 aromatic rings. The Bertz CT molecular complexity index is 1530. The van der Waals surface area contributed by atoms with E-state index < -0.39 is 62.5 Å². The summed E-state index contributed by atoms with van der Waals surface area (Å²) in [6.07, 6.45) is -2.42. The summed E-state index contributed by atoms with van der Waals surface area (Å²) in [5.74, 6) is -0.548. The molecule has 2 aliphatic rings. The zero-order valence-corrected chi connectivity index (χ0v) is 26.3. The Morgan fingerprint density at radius 1 is 1.32 bits per heavy atom. The topological polar surface area (TPSA) is 176 Å². The van der Waals surface area contributed by atoms with Gasteiger partial charge < -0.3 is 29.7 Å². The molecule has 1 aromatic carbocycles. The first-order valence-corrected chi connectivity index (χ1v) is 16.2. The number of hydrogen-bond donors (Lipinski definition) is 3. The van der Waals surface area contributed by atoms with Crippen molar-refractivity contribution in [2.75, 3.05) is 30.2 Å². The lowest BCUT2D eigenvalue weighted by Crippen LogP contribution is -2.48. The van der Waals surface area contributed by atoms with Crippen LogP contribution in [-0.4, -0.2) is 86.2 Å². The summed E-state index contributed by atoms with van der Waals surface area (Å²) in [4.78, 5) is 27.4. The summed E-state index contributed by atoms with van der Waals surface area (Å²) in [5, 5.41) is 13.6. The minimum atomic E-state index is -4.38. The monoisotopic (exact) mass is 655 g/mol. The average Bonchev–Trinajstić information content (AvgIpc) is 3.71. The van der Waals surface area contributed by atoms with Gasteiger partial charge in [0.1, 0.15) is 23.5 Å². The summed E-state index contributed by atoms with van der Waals surface area (Å²) in [6.45, 7) is 4.08. The molecule has 44 heavy (non-hydrogen) atoms.